The Morgan fingerprint density at radius 3 is 2.97 bits per heavy atom. The highest BCUT2D eigenvalue weighted by Gasteiger charge is 2.28. The minimum atomic E-state index is -0.0689. The first kappa shape index (κ1) is 16.8. The Kier molecular flexibility index (Phi) is 3.73. The number of nitrogens with one attached hydrogen (secondary N) is 1. The van der Waals surface area contributed by atoms with Crippen molar-refractivity contribution in [2.45, 2.75) is 38.3 Å². The van der Waals surface area contributed by atoms with Crippen LogP contribution in [0.3, 0.4) is 0 Å². The third-order valence-electron chi connectivity index (χ3n) is 5.72. The molecule has 1 aromatic carbocycles. The van der Waals surface area contributed by atoms with Crippen LogP contribution in [0.1, 0.15) is 41.6 Å². The number of hydrogen-bond donors (Lipinski definition) is 1. The van der Waals surface area contributed by atoms with Crippen molar-refractivity contribution in [3.05, 3.63) is 57.5 Å². The zero-order chi connectivity index (χ0) is 19.4. The van der Waals surface area contributed by atoms with E-state index in [4.69, 9.17) is 14.0 Å². The number of fused-ring (bicyclic) bond motifs is 2. The van der Waals surface area contributed by atoms with E-state index in [-0.39, 0.29) is 12.4 Å². The summed E-state index contributed by atoms with van der Waals surface area (Å²) in [5, 5.41) is 4.33. The van der Waals surface area contributed by atoms with Crippen LogP contribution in [0.15, 0.2) is 33.6 Å². The Morgan fingerprint density at radius 1 is 1.17 bits per heavy atom. The van der Waals surface area contributed by atoms with Gasteiger partial charge >= 0.3 is 0 Å². The summed E-state index contributed by atoms with van der Waals surface area (Å²) in [5.41, 5.74) is 3.62. The molecule has 0 spiro atoms. The van der Waals surface area contributed by atoms with Crippen LogP contribution >= 0.6 is 0 Å². The quantitative estimate of drug-likeness (QED) is 0.729. The molecule has 8 nitrogen and oxygen atoms in total. The molecule has 0 saturated heterocycles. The minimum Gasteiger partial charge on any atom is -0.454 e. The van der Waals surface area contributed by atoms with Crippen LogP contribution in [0.5, 0.6) is 11.5 Å². The van der Waals surface area contributed by atoms with Crippen molar-refractivity contribution in [2.75, 3.05) is 13.3 Å². The summed E-state index contributed by atoms with van der Waals surface area (Å²) in [4.78, 5) is 21.9. The lowest BCUT2D eigenvalue weighted by Gasteiger charge is -2.25. The van der Waals surface area contributed by atoms with Gasteiger partial charge in [0.05, 0.1) is 5.69 Å². The summed E-state index contributed by atoms with van der Waals surface area (Å²) in [7, 11) is 0. The van der Waals surface area contributed by atoms with E-state index in [1.54, 1.807) is 6.07 Å². The van der Waals surface area contributed by atoms with Crippen molar-refractivity contribution in [1.29, 1.82) is 0 Å². The van der Waals surface area contributed by atoms with Crippen LogP contribution in [0, 0.1) is 0 Å². The van der Waals surface area contributed by atoms with Gasteiger partial charge in [0.1, 0.15) is 17.3 Å². The summed E-state index contributed by atoms with van der Waals surface area (Å²) >= 11 is 0. The fourth-order valence-corrected chi connectivity index (χ4v) is 4.06. The molecule has 8 heteroatoms. The molecule has 2 aromatic heterocycles. The standard InChI is InChI=1S/C21H20N4O4/c26-19-8-14(22-21(23-19)12-1-2-12)9-25-6-5-16-15(10-25)20(24-29-16)13-3-4-17-18(7-13)28-11-27-17/h3-4,7-8,12H,1-2,5-6,9-11H2,(H,22,23,26). The van der Waals surface area contributed by atoms with Crippen molar-refractivity contribution >= 4 is 0 Å². The van der Waals surface area contributed by atoms with E-state index < -0.39 is 0 Å². The molecule has 1 fully saturated rings. The van der Waals surface area contributed by atoms with Gasteiger partial charge in [0.15, 0.2) is 11.5 Å². The van der Waals surface area contributed by atoms with Crippen LogP contribution in [0.25, 0.3) is 11.3 Å². The van der Waals surface area contributed by atoms with E-state index in [9.17, 15) is 4.79 Å². The van der Waals surface area contributed by atoms with E-state index in [0.29, 0.717) is 19.0 Å². The van der Waals surface area contributed by atoms with Gasteiger partial charge in [0, 0.05) is 49.2 Å². The maximum absolute atomic E-state index is 12.0. The van der Waals surface area contributed by atoms with E-state index in [2.05, 4.69) is 20.0 Å². The minimum absolute atomic E-state index is 0.0689. The average Bonchev–Trinajstić information content (AvgIpc) is 3.32. The van der Waals surface area contributed by atoms with Gasteiger partial charge in [-0.1, -0.05) is 5.16 Å². The first-order valence-electron chi connectivity index (χ1n) is 9.93. The number of rotatable bonds is 4. The number of nitrogens with zero attached hydrogens (tertiary/aromatic N) is 3. The highest BCUT2D eigenvalue weighted by Crippen LogP contribution is 2.39. The summed E-state index contributed by atoms with van der Waals surface area (Å²) in [5.74, 6) is 3.65. The Balaban J connectivity index is 1.26. The highest BCUT2D eigenvalue weighted by molar-refractivity contribution is 5.67. The van der Waals surface area contributed by atoms with Crippen molar-refractivity contribution < 1.29 is 14.0 Å². The first-order chi connectivity index (χ1) is 14.2. The number of H-pyrrole nitrogens is 1. The molecular formula is C21H20N4O4. The molecule has 0 bridgehead atoms. The number of hydrogen-bond acceptors (Lipinski definition) is 7. The van der Waals surface area contributed by atoms with E-state index in [0.717, 1.165) is 71.4 Å². The van der Waals surface area contributed by atoms with E-state index in [1.165, 1.54) is 0 Å². The van der Waals surface area contributed by atoms with Crippen LogP contribution < -0.4 is 15.0 Å². The summed E-state index contributed by atoms with van der Waals surface area (Å²) in [6.07, 6.45) is 3.00. The summed E-state index contributed by atoms with van der Waals surface area (Å²) in [6, 6.07) is 7.43. The van der Waals surface area contributed by atoms with Gasteiger partial charge in [-0.25, -0.2) is 4.98 Å². The lowest BCUT2D eigenvalue weighted by Crippen LogP contribution is -2.30. The SMILES string of the molecule is O=c1cc(CN2CCc3onc(-c4ccc5c(c4)OCO5)c3C2)nc(C2CC2)[nH]1. The molecule has 1 aliphatic carbocycles. The summed E-state index contributed by atoms with van der Waals surface area (Å²) in [6.45, 7) is 2.43. The molecule has 3 aromatic rings. The van der Waals surface area contributed by atoms with Crippen molar-refractivity contribution in [2.24, 2.45) is 0 Å². The third kappa shape index (κ3) is 3.09. The smallest absolute Gasteiger partial charge is 0.251 e. The number of aromatic amines is 1. The Labute approximate surface area is 166 Å². The first-order valence-corrected chi connectivity index (χ1v) is 9.93. The van der Waals surface area contributed by atoms with Crippen molar-refractivity contribution in [1.82, 2.24) is 20.0 Å². The maximum Gasteiger partial charge on any atom is 0.251 e. The van der Waals surface area contributed by atoms with E-state index >= 15 is 0 Å². The Hall–Kier alpha value is -3.13. The highest BCUT2D eigenvalue weighted by atomic mass is 16.7. The predicted octanol–water partition coefficient (Wildman–Crippen LogP) is 2.59. The van der Waals surface area contributed by atoms with Gasteiger partial charge in [-0.15, -0.1) is 0 Å². The fourth-order valence-electron chi connectivity index (χ4n) is 4.06. The maximum atomic E-state index is 12.0. The lowest BCUT2D eigenvalue weighted by molar-refractivity contribution is 0.174. The molecule has 0 unspecified atom stereocenters. The molecule has 148 valence electrons. The van der Waals surface area contributed by atoms with Gasteiger partial charge in [-0.2, -0.15) is 0 Å². The molecule has 0 atom stereocenters. The summed E-state index contributed by atoms with van der Waals surface area (Å²) < 4.78 is 16.5. The fraction of sp³-hybridized carbons (Fsp3) is 0.381. The second-order valence-corrected chi connectivity index (χ2v) is 7.86. The number of ether oxygens (including phenoxy) is 2. The monoisotopic (exact) mass is 392 g/mol. The third-order valence-corrected chi connectivity index (χ3v) is 5.72. The molecule has 1 saturated carbocycles. The van der Waals surface area contributed by atoms with Gasteiger partial charge < -0.3 is 19.0 Å². The number of aromatic nitrogens is 3. The van der Waals surface area contributed by atoms with Crippen molar-refractivity contribution in [3.63, 3.8) is 0 Å². The van der Waals surface area contributed by atoms with E-state index in [1.807, 2.05) is 18.2 Å². The normalized spacial score (nSPS) is 18.1. The van der Waals surface area contributed by atoms with Gasteiger partial charge in [-0.05, 0) is 31.0 Å². The number of benzene rings is 1. The molecule has 29 heavy (non-hydrogen) atoms. The molecule has 6 rings (SSSR count). The molecule has 4 heterocycles. The lowest BCUT2D eigenvalue weighted by atomic mass is 10.0. The Morgan fingerprint density at radius 2 is 2.07 bits per heavy atom. The Bertz CT molecular complexity index is 1150. The molecule has 0 radical (unpaired) electrons. The molecule has 1 N–H and O–H groups in total. The second-order valence-electron chi connectivity index (χ2n) is 7.86. The van der Waals surface area contributed by atoms with Crippen molar-refractivity contribution in [3.8, 4) is 22.8 Å². The zero-order valence-corrected chi connectivity index (χ0v) is 15.8. The van der Waals surface area contributed by atoms with Gasteiger partial charge in [0.2, 0.25) is 6.79 Å². The second kappa shape index (κ2) is 6.45. The van der Waals surface area contributed by atoms with Crippen LogP contribution in [0.2, 0.25) is 0 Å². The largest absolute Gasteiger partial charge is 0.454 e. The predicted molar refractivity (Wildman–Crippen MR) is 103 cm³/mol. The molecule has 3 aliphatic rings. The van der Waals surface area contributed by atoms with Gasteiger partial charge in [0.25, 0.3) is 5.56 Å². The van der Waals surface area contributed by atoms with Gasteiger partial charge in [-0.3, -0.25) is 9.69 Å². The average molecular weight is 392 g/mol. The van der Waals surface area contributed by atoms with Crippen LogP contribution in [-0.4, -0.2) is 33.4 Å². The molecule has 2 aliphatic heterocycles. The molecule has 0 amide bonds. The van der Waals surface area contributed by atoms with Crippen LogP contribution in [0.4, 0.5) is 0 Å². The zero-order valence-electron chi connectivity index (χ0n) is 15.8. The molecular weight excluding hydrogens is 372 g/mol. The topological polar surface area (TPSA) is 93.5 Å². The van der Waals surface area contributed by atoms with Crippen LogP contribution in [-0.2, 0) is 19.5 Å².